The summed E-state index contributed by atoms with van der Waals surface area (Å²) in [6.07, 6.45) is 0. The second-order valence-corrected chi connectivity index (χ2v) is 9.42. The van der Waals surface area contributed by atoms with Crippen molar-refractivity contribution in [3.63, 3.8) is 0 Å². The molecule has 0 saturated carbocycles. The Bertz CT molecular complexity index is 1160. The van der Waals surface area contributed by atoms with Crippen LogP contribution < -0.4 is 9.64 Å². The van der Waals surface area contributed by atoms with Crippen LogP contribution in [-0.4, -0.2) is 38.8 Å². The van der Waals surface area contributed by atoms with Crippen LogP contribution in [0.4, 0.5) is 5.69 Å². The summed E-state index contributed by atoms with van der Waals surface area (Å²) in [5.74, 6) is 0.0513. The summed E-state index contributed by atoms with van der Waals surface area (Å²) < 4.78 is 33.6. The molecule has 0 N–H and O–H groups in total. The highest BCUT2D eigenvalue weighted by molar-refractivity contribution is 7.89. The molecule has 0 aromatic heterocycles. The predicted octanol–water partition coefficient (Wildman–Crippen LogP) is 4.59. The maximum absolute atomic E-state index is 13.5. The van der Waals surface area contributed by atoms with Gasteiger partial charge < -0.3 is 9.64 Å². The van der Waals surface area contributed by atoms with Crippen LogP contribution in [-0.2, 0) is 21.4 Å². The molecule has 0 bridgehead atoms. The van der Waals surface area contributed by atoms with E-state index in [1.807, 2.05) is 55.5 Å². The van der Waals surface area contributed by atoms with E-state index in [-0.39, 0.29) is 28.9 Å². The second-order valence-electron chi connectivity index (χ2n) is 7.07. The Morgan fingerprint density at radius 2 is 1.59 bits per heavy atom. The van der Waals surface area contributed by atoms with E-state index >= 15 is 0 Å². The van der Waals surface area contributed by atoms with Gasteiger partial charge in [-0.05, 0) is 42.8 Å². The van der Waals surface area contributed by atoms with Gasteiger partial charge in [-0.2, -0.15) is 4.31 Å². The zero-order valence-corrected chi connectivity index (χ0v) is 19.5. The maximum Gasteiger partial charge on any atom is 0.243 e. The summed E-state index contributed by atoms with van der Waals surface area (Å²) in [6.45, 7) is 1.94. The second kappa shape index (κ2) is 10.6. The van der Waals surface area contributed by atoms with Crippen molar-refractivity contribution in [1.82, 2.24) is 4.31 Å². The smallest absolute Gasteiger partial charge is 0.243 e. The molecule has 0 spiro atoms. The SMILES string of the molecule is CCOc1ccc(S(=O)(=O)N(CC(=O)N(C)c2ccccc2)Cc2ccccc2)cc1Cl. The summed E-state index contributed by atoms with van der Waals surface area (Å²) in [6, 6.07) is 22.5. The van der Waals surface area contributed by atoms with Crippen molar-refractivity contribution in [2.24, 2.45) is 0 Å². The van der Waals surface area contributed by atoms with Gasteiger partial charge in [0.25, 0.3) is 0 Å². The molecular formula is C24H25ClN2O4S. The molecule has 168 valence electrons. The van der Waals surface area contributed by atoms with Gasteiger partial charge in [0.05, 0.1) is 23.1 Å². The molecule has 6 nitrogen and oxygen atoms in total. The van der Waals surface area contributed by atoms with E-state index in [4.69, 9.17) is 16.3 Å². The van der Waals surface area contributed by atoms with Crippen LogP contribution in [0.1, 0.15) is 12.5 Å². The number of anilines is 1. The number of sulfonamides is 1. The highest BCUT2D eigenvalue weighted by Gasteiger charge is 2.29. The largest absolute Gasteiger partial charge is 0.492 e. The van der Waals surface area contributed by atoms with Gasteiger partial charge in [0.2, 0.25) is 15.9 Å². The monoisotopic (exact) mass is 472 g/mol. The summed E-state index contributed by atoms with van der Waals surface area (Å²) in [7, 11) is -2.39. The minimum atomic E-state index is -4.02. The molecule has 0 heterocycles. The normalized spacial score (nSPS) is 11.4. The molecule has 0 aliphatic carbocycles. The van der Waals surface area contributed by atoms with Gasteiger partial charge in [-0.25, -0.2) is 8.42 Å². The lowest BCUT2D eigenvalue weighted by Gasteiger charge is -2.25. The predicted molar refractivity (Wildman–Crippen MR) is 127 cm³/mol. The lowest BCUT2D eigenvalue weighted by molar-refractivity contribution is -0.118. The highest BCUT2D eigenvalue weighted by atomic mass is 35.5. The standard InChI is InChI=1S/C24H25ClN2O4S/c1-3-31-23-15-14-21(16-22(23)25)32(29,30)27(17-19-10-6-4-7-11-19)18-24(28)26(2)20-12-8-5-9-13-20/h4-16H,3,17-18H2,1-2H3. The first-order chi connectivity index (χ1) is 15.3. The van der Waals surface area contributed by atoms with Crippen LogP contribution in [0.25, 0.3) is 0 Å². The number of hydrogen-bond donors (Lipinski definition) is 0. The zero-order chi connectivity index (χ0) is 23.1. The molecule has 0 aliphatic rings. The third-order valence-corrected chi connectivity index (χ3v) is 6.95. The number of ether oxygens (including phenoxy) is 1. The zero-order valence-electron chi connectivity index (χ0n) is 17.9. The van der Waals surface area contributed by atoms with Crippen molar-refractivity contribution >= 4 is 33.2 Å². The van der Waals surface area contributed by atoms with Gasteiger partial charge >= 0.3 is 0 Å². The van der Waals surface area contributed by atoms with Crippen LogP contribution in [0.3, 0.4) is 0 Å². The van der Waals surface area contributed by atoms with Crippen molar-refractivity contribution < 1.29 is 17.9 Å². The topological polar surface area (TPSA) is 66.9 Å². The summed E-state index contributed by atoms with van der Waals surface area (Å²) in [5.41, 5.74) is 1.45. The average molecular weight is 473 g/mol. The first-order valence-corrected chi connectivity index (χ1v) is 11.9. The number of carbonyl (C=O) groups excluding carboxylic acids is 1. The number of nitrogens with zero attached hydrogens (tertiary/aromatic N) is 2. The van der Waals surface area contributed by atoms with Gasteiger partial charge in [-0.1, -0.05) is 60.1 Å². The van der Waals surface area contributed by atoms with Gasteiger partial charge in [0.1, 0.15) is 5.75 Å². The Hall–Kier alpha value is -2.87. The molecular weight excluding hydrogens is 448 g/mol. The maximum atomic E-state index is 13.5. The number of rotatable bonds is 9. The molecule has 0 saturated heterocycles. The van der Waals surface area contributed by atoms with E-state index in [0.29, 0.717) is 18.0 Å². The first kappa shape index (κ1) is 23.8. The number of likely N-dealkylation sites (N-methyl/N-ethyl adjacent to an activating group) is 1. The lowest BCUT2D eigenvalue weighted by atomic mass is 10.2. The molecule has 3 aromatic carbocycles. The molecule has 0 aliphatic heterocycles. The number of amides is 1. The van der Waals surface area contributed by atoms with Crippen LogP contribution >= 0.6 is 11.6 Å². The van der Waals surface area contributed by atoms with Gasteiger partial charge in [0.15, 0.2) is 0 Å². The van der Waals surface area contributed by atoms with Crippen LogP contribution in [0, 0.1) is 0 Å². The molecule has 0 radical (unpaired) electrons. The Morgan fingerprint density at radius 1 is 0.969 bits per heavy atom. The van der Waals surface area contributed by atoms with E-state index in [0.717, 1.165) is 9.87 Å². The van der Waals surface area contributed by atoms with Crippen LogP contribution in [0.15, 0.2) is 83.8 Å². The third kappa shape index (κ3) is 5.68. The lowest BCUT2D eigenvalue weighted by Crippen LogP contribution is -2.41. The Balaban J connectivity index is 1.93. The number of hydrogen-bond acceptors (Lipinski definition) is 4. The molecule has 32 heavy (non-hydrogen) atoms. The van der Waals surface area contributed by atoms with E-state index in [2.05, 4.69) is 0 Å². The highest BCUT2D eigenvalue weighted by Crippen LogP contribution is 2.29. The third-order valence-electron chi connectivity index (χ3n) is 4.87. The number of carbonyl (C=O) groups is 1. The summed E-state index contributed by atoms with van der Waals surface area (Å²) in [4.78, 5) is 14.4. The molecule has 0 fully saturated rings. The Kier molecular flexibility index (Phi) is 7.90. The fourth-order valence-electron chi connectivity index (χ4n) is 3.13. The van der Waals surface area contributed by atoms with Crippen molar-refractivity contribution in [2.75, 3.05) is 25.1 Å². The fourth-order valence-corrected chi connectivity index (χ4v) is 4.83. The summed E-state index contributed by atoms with van der Waals surface area (Å²) in [5, 5.41) is 0.195. The first-order valence-electron chi connectivity index (χ1n) is 10.1. The van der Waals surface area contributed by atoms with Crippen molar-refractivity contribution in [1.29, 1.82) is 0 Å². The van der Waals surface area contributed by atoms with Gasteiger partial charge in [-0.15, -0.1) is 0 Å². The number of benzene rings is 3. The minimum Gasteiger partial charge on any atom is -0.492 e. The molecule has 8 heteroatoms. The Labute approximate surface area is 194 Å². The van der Waals surface area contributed by atoms with E-state index < -0.39 is 10.0 Å². The number of para-hydroxylation sites is 1. The van der Waals surface area contributed by atoms with Crippen molar-refractivity contribution in [3.8, 4) is 5.75 Å². The number of halogens is 1. The minimum absolute atomic E-state index is 0.00273. The van der Waals surface area contributed by atoms with Crippen LogP contribution in [0.5, 0.6) is 5.75 Å². The van der Waals surface area contributed by atoms with Gasteiger partial charge in [0, 0.05) is 19.3 Å². The van der Waals surface area contributed by atoms with Gasteiger partial charge in [-0.3, -0.25) is 4.79 Å². The molecule has 3 rings (SSSR count). The molecule has 0 atom stereocenters. The van der Waals surface area contributed by atoms with Crippen molar-refractivity contribution in [3.05, 3.63) is 89.4 Å². The van der Waals surface area contributed by atoms with Crippen molar-refractivity contribution in [2.45, 2.75) is 18.4 Å². The summed E-state index contributed by atoms with van der Waals surface area (Å²) >= 11 is 6.23. The van der Waals surface area contributed by atoms with E-state index in [1.54, 1.807) is 19.2 Å². The quantitative estimate of drug-likeness (QED) is 0.456. The Morgan fingerprint density at radius 3 is 2.19 bits per heavy atom. The van der Waals surface area contributed by atoms with E-state index in [9.17, 15) is 13.2 Å². The fraction of sp³-hybridized carbons (Fsp3) is 0.208. The van der Waals surface area contributed by atoms with Crippen LogP contribution in [0.2, 0.25) is 5.02 Å². The molecule has 3 aromatic rings. The average Bonchev–Trinajstić information content (AvgIpc) is 2.80. The molecule has 0 unspecified atom stereocenters. The van der Waals surface area contributed by atoms with E-state index in [1.165, 1.54) is 23.1 Å². The molecule has 1 amide bonds.